The first-order valence-electron chi connectivity index (χ1n) is 6.99. The zero-order chi connectivity index (χ0) is 15.4. The summed E-state index contributed by atoms with van der Waals surface area (Å²) in [6.07, 6.45) is 0.715. The highest BCUT2D eigenvalue weighted by molar-refractivity contribution is 5.93. The number of nitrogens with zero attached hydrogens (tertiary/aromatic N) is 2. The van der Waals surface area contributed by atoms with Crippen molar-refractivity contribution in [2.24, 2.45) is 11.7 Å². The number of hydrogen-bond acceptors (Lipinski definition) is 5. The number of benzene rings is 1. The Labute approximate surface area is 135 Å². The topological polar surface area (TPSA) is 94.0 Å². The van der Waals surface area contributed by atoms with Crippen molar-refractivity contribution in [3.8, 4) is 11.5 Å². The van der Waals surface area contributed by atoms with Gasteiger partial charge in [0.25, 0.3) is 5.89 Å². The summed E-state index contributed by atoms with van der Waals surface area (Å²) in [6, 6.07) is 5.64. The molecule has 0 fully saturated rings. The highest BCUT2D eigenvalue weighted by atomic mass is 35.5. The Morgan fingerprint density at radius 3 is 2.77 bits per heavy atom. The molecule has 1 aromatic heterocycles. The standard InChI is InChI=1S/C15H20N4O2.ClH/c1-4-13-18-15(21-19-13)11-6-5-9(2)12(7-11)17-14(20)10(3)8-16;/h5-7,10H,4,8,16H2,1-3H3,(H,17,20);1H. The second-order valence-electron chi connectivity index (χ2n) is 5.03. The van der Waals surface area contributed by atoms with Crippen LogP contribution < -0.4 is 11.1 Å². The molecular formula is C15H21ClN4O2. The predicted molar refractivity (Wildman–Crippen MR) is 87.9 cm³/mol. The molecule has 2 aromatic rings. The number of halogens is 1. The van der Waals surface area contributed by atoms with Crippen LogP contribution in [-0.2, 0) is 11.2 Å². The molecule has 0 saturated heterocycles. The number of aryl methyl sites for hydroxylation is 2. The summed E-state index contributed by atoms with van der Waals surface area (Å²) in [5, 5.41) is 6.76. The average molecular weight is 325 g/mol. The molecule has 0 bridgehead atoms. The number of anilines is 1. The van der Waals surface area contributed by atoms with Crippen molar-refractivity contribution in [1.82, 2.24) is 10.1 Å². The van der Waals surface area contributed by atoms with Gasteiger partial charge in [-0.3, -0.25) is 4.79 Å². The molecule has 6 nitrogen and oxygen atoms in total. The van der Waals surface area contributed by atoms with Gasteiger partial charge in [-0.15, -0.1) is 12.4 Å². The van der Waals surface area contributed by atoms with E-state index in [1.54, 1.807) is 6.92 Å². The number of nitrogens with two attached hydrogens (primary N) is 1. The number of aromatic nitrogens is 2. The number of carbonyl (C=O) groups is 1. The van der Waals surface area contributed by atoms with Crippen LogP contribution >= 0.6 is 12.4 Å². The second kappa shape index (κ2) is 7.91. The van der Waals surface area contributed by atoms with Gasteiger partial charge < -0.3 is 15.6 Å². The fourth-order valence-electron chi connectivity index (χ4n) is 1.77. The second-order valence-corrected chi connectivity index (χ2v) is 5.03. The summed E-state index contributed by atoms with van der Waals surface area (Å²) in [4.78, 5) is 16.2. The molecule has 120 valence electrons. The van der Waals surface area contributed by atoms with Crippen LogP contribution in [-0.4, -0.2) is 22.6 Å². The Bertz CT molecular complexity index is 642. The van der Waals surface area contributed by atoms with E-state index in [1.165, 1.54) is 0 Å². The quantitative estimate of drug-likeness (QED) is 0.881. The van der Waals surface area contributed by atoms with E-state index in [0.717, 1.165) is 16.8 Å². The number of amides is 1. The molecule has 0 radical (unpaired) electrons. The molecule has 1 unspecified atom stereocenters. The summed E-state index contributed by atoms with van der Waals surface area (Å²) in [5.41, 5.74) is 7.99. The van der Waals surface area contributed by atoms with Gasteiger partial charge >= 0.3 is 0 Å². The molecule has 22 heavy (non-hydrogen) atoms. The third-order valence-corrected chi connectivity index (χ3v) is 3.33. The van der Waals surface area contributed by atoms with Gasteiger partial charge in [0.2, 0.25) is 5.91 Å². The lowest BCUT2D eigenvalue weighted by Crippen LogP contribution is -2.26. The van der Waals surface area contributed by atoms with Crippen LogP contribution in [0.4, 0.5) is 5.69 Å². The first kappa shape index (κ1) is 18.1. The summed E-state index contributed by atoms with van der Waals surface area (Å²) in [6.45, 7) is 6.00. The minimum atomic E-state index is -0.233. The molecule has 0 aliphatic rings. The van der Waals surface area contributed by atoms with Crippen LogP contribution in [0.5, 0.6) is 0 Å². The Morgan fingerprint density at radius 2 is 2.18 bits per heavy atom. The number of rotatable bonds is 5. The van der Waals surface area contributed by atoms with Gasteiger partial charge in [-0.25, -0.2) is 0 Å². The van der Waals surface area contributed by atoms with Crippen LogP contribution in [0.15, 0.2) is 22.7 Å². The Hall–Kier alpha value is -1.92. The van der Waals surface area contributed by atoms with Crippen molar-refractivity contribution in [2.45, 2.75) is 27.2 Å². The van der Waals surface area contributed by atoms with E-state index in [2.05, 4.69) is 15.5 Å². The average Bonchev–Trinajstić information content (AvgIpc) is 2.97. The highest BCUT2D eigenvalue weighted by Crippen LogP contribution is 2.24. The molecule has 0 saturated carbocycles. The molecular weight excluding hydrogens is 304 g/mol. The van der Waals surface area contributed by atoms with Crippen molar-refractivity contribution >= 4 is 24.0 Å². The van der Waals surface area contributed by atoms with E-state index >= 15 is 0 Å². The predicted octanol–water partition coefficient (Wildman–Crippen LogP) is 2.56. The summed E-state index contributed by atoms with van der Waals surface area (Å²) in [5.74, 6) is 0.780. The monoisotopic (exact) mass is 324 g/mol. The molecule has 0 aliphatic carbocycles. The smallest absolute Gasteiger partial charge is 0.257 e. The van der Waals surface area contributed by atoms with Gasteiger partial charge in [-0.2, -0.15) is 4.98 Å². The summed E-state index contributed by atoms with van der Waals surface area (Å²) >= 11 is 0. The number of carbonyl (C=O) groups excluding carboxylic acids is 1. The van der Waals surface area contributed by atoms with Crippen LogP contribution in [0.3, 0.4) is 0 Å². The molecule has 1 aromatic carbocycles. The van der Waals surface area contributed by atoms with Crippen LogP contribution in [0.25, 0.3) is 11.5 Å². The van der Waals surface area contributed by atoms with E-state index in [0.29, 0.717) is 24.7 Å². The normalized spacial score (nSPS) is 11.6. The van der Waals surface area contributed by atoms with Crippen molar-refractivity contribution in [2.75, 3.05) is 11.9 Å². The van der Waals surface area contributed by atoms with E-state index in [-0.39, 0.29) is 24.2 Å². The minimum Gasteiger partial charge on any atom is -0.334 e. The molecule has 1 heterocycles. The fourth-order valence-corrected chi connectivity index (χ4v) is 1.77. The Balaban J connectivity index is 0.00000242. The zero-order valence-electron chi connectivity index (χ0n) is 12.9. The molecule has 0 spiro atoms. The van der Waals surface area contributed by atoms with Gasteiger partial charge in [0.05, 0.1) is 0 Å². The van der Waals surface area contributed by atoms with Gasteiger partial charge in [0.15, 0.2) is 5.82 Å². The molecule has 1 amide bonds. The van der Waals surface area contributed by atoms with Gasteiger partial charge in [-0.1, -0.05) is 25.1 Å². The van der Waals surface area contributed by atoms with Crippen LogP contribution in [0.1, 0.15) is 25.2 Å². The Morgan fingerprint density at radius 1 is 1.45 bits per heavy atom. The third kappa shape index (κ3) is 4.05. The van der Waals surface area contributed by atoms with E-state index < -0.39 is 0 Å². The molecule has 0 aliphatic heterocycles. The van der Waals surface area contributed by atoms with Gasteiger partial charge in [0.1, 0.15) is 0 Å². The van der Waals surface area contributed by atoms with E-state index in [4.69, 9.17) is 10.3 Å². The molecule has 1 atom stereocenters. The lowest BCUT2D eigenvalue weighted by Gasteiger charge is -2.12. The molecule has 3 N–H and O–H groups in total. The van der Waals surface area contributed by atoms with Crippen LogP contribution in [0, 0.1) is 12.8 Å². The summed E-state index contributed by atoms with van der Waals surface area (Å²) in [7, 11) is 0. The van der Waals surface area contributed by atoms with Gasteiger partial charge in [-0.05, 0) is 24.6 Å². The minimum absolute atomic E-state index is 0. The number of hydrogen-bond donors (Lipinski definition) is 2. The first-order chi connectivity index (χ1) is 10.0. The maximum absolute atomic E-state index is 12.0. The SMILES string of the molecule is CCc1noc(-c2ccc(C)c(NC(=O)C(C)CN)c2)n1.Cl. The van der Waals surface area contributed by atoms with Crippen molar-refractivity contribution in [3.05, 3.63) is 29.6 Å². The lowest BCUT2D eigenvalue weighted by atomic mass is 10.1. The maximum Gasteiger partial charge on any atom is 0.257 e. The summed E-state index contributed by atoms with van der Waals surface area (Å²) < 4.78 is 5.22. The van der Waals surface area contributed by atoms with E-state index in [1.807, 2.05) is 32.0 Å². The third-order valence-electron chi connectivity index (χ3n) is 3.33. The highest BCUT2D eigenvalue weighted by Gasteiger charge is 2.14. The molecule has 2 rings (SSSR count). The number of nitrogens with one attached hydrogen (secondary N) is 1. The van der Waals surface area contributed by atoms with Crippen molar-refractivity contribution < 1.29 is 9.32 Å². The lowest BCUT2D eigenvalue weighted by molar-refractivity contribution is -0.119. The van der Waals surface area contributed by atoms with Gasteiger partial charge in [0, 0.05) is 30.1 Å². The van der Waals surface area contributed by atoms with Crippen molar-refractivity contribution in [3.63, 3.8) is 0 Å². The fraction of sp³-hybridized carbons (Fsp3) is 0.400. The molecule has 7 heteroatoms. The van der Waals surface area contributed by atoms with Crippen LogP contribution in [0.2, 0.25) is 0 Å². The zero-order valence-corrected chi connectivity index (χ0v) is 13.7. The largest absolute Gasteiger partial charge is 0.334 e. The Kier molecular flexibility index (Phi) is 6.52. The van der Waals surface area contributed by atoms with E-state index in [9.17, 15) is 4.79 Å². The maximum atomic E-state index is 12.0. The van der Waals surface area contributed by atoms with Crippen molar-refractivity contribution in [1.29, 1.82) is 0 Å². The first-order valence-corrected chi connectivity index (χ1v) is 6.99.